The molecule has 0 fully saturated rings. The molecule has 0 bridgehead atoms. The Labute approximate surface area is 97.8 Å². The van der Waals surface area contributed by atoms with E-state index in [1.54, 1.807) is 12.3 Å². The molecule has 0 aliphatic carbocycles. The molecule has 0 amide bonds. The minimum absolute atomic E-state index is 0.0997. The Morgan fingerprint density at radius 2 is 2.27 bits per heavy atom. The van der Waals surface area contributed by atoms with E-state index in [9.17, 15) is 4.39 Å². The zero-order valence-corrected chi connectivity index (χ0v) is 9.81. The number of benzene rings is 1. The van der Waals surface area contributed by atoms with Gasteiger partial charge in [0.15, 0.2) is 0 Å². The van der Waals surface area contributed by atoms with Gasteiger partial charge in [0.2, 0.25) is 0 Å². The normalized spacial score (nSPS) is 10.3. The molecular weight excluding hydrogens is 283 g/mol. The lowest BCUT2D eigenvalue weighted by Crippen LogP contribution is -1.91. The van der Waals surface area contributed by atoms with E-state index < -0.39 is 5.82 Å². The summed E-state index contributed by atoms with van der Waals surface area (Å²) in [5.74, 6) is -0.119. The number of hydrogen-bond donors (Lipinski definition) is 1. The highest BCUT2D eigenvalue weighted by molar-refractivity contribution is 9.11. The molecule has 2 rings (SSSR count). The zero-order valence-electron chi connectivity index (χ0n) is 7.41. The third-order valence-corrected chi connectivity index (χ3v) is 2.99. The predicted octanol–water partition coefficient (Wildman–Crippen LogP) is 3.42. The van der Waals surface area contributed by atoms with Crippen LogP contribution in [0.4, 0.5) is 10.1 Å². The smallest absolute Gasteiger partial charge is 0.279 e. The van der Waals surface area contributed by atoms with E-state index >= 15 is 0 Å². The first-order valence-electron chi connectivity index (χ1n) is 3.99. The van der Waals surface area contributed by atoms with Crippen molar-refractivity contribution in [2.24, 2.45) is 0 Å². The van der Waals surface area contributed by atoms with Crippen LogP contribution >= 0.6 is 27.3 Å². The minimum atomic E-state index is -0.497. The summed E-state index contributed by atoms with van der Waals surface area (Å²) in [6, 6.07) is 4.27. The van der Waals surface area contributed by atoms with Crippen molar-refractivity contribution in [2.45, 2.75) is 0 Å². The Kier molecular flexibility index (Phi) is 2.88. The summed E-state index contributed by atoms with van der Waals surface area (Å²) in [5.41, 5.74) is 5.43. The van der Waals surface area contributed by atoms with Crippen LogP contribution in [0.2, 0.25) is 0 Å². The lowest BCUT2D eigenvalue weighted by atomic mass is 10.3. The van der Waals surface area contributed by atoms with Crippen LogP contribution in [-0.4, -0.2) is 4.98 Å². The molecule has 0 unspecified atom stereocenters. The molecule has 15 heavy (non-hydrogen) atoms. The number of ether oxygens (including phenoxy) is 1. The lowest BCUT2D eigenvalue weighted by molar-refractivity contribution is 0.473. The van der Waals surface area contributed by atoms with Crippen molar-refractivity contribution in [3.05, 3.63) is 34.0 Å². The summed E-state index contributed by atoms with van der Waals surface area (Å²) < 4.78 is 19.2. The summed E-state index contributed by atoms with van der Waals surface area (Å²) in [4.78, 5) is 3.96. The first kappa shape index (κ1) is 10.4. The molecule has 0 spiro atoms. The fraction of sp³-hybridized carbons (Fsp3) is 0. The summed E-state index contributed by atoms with van der Waals surface area (Å²) in [6.07, 6.45) is 1.62. The first-order chi connectivity index (χ1) is 7.15. The van der Waals surface area contributed by atoms with Crippen molar-refractivity contribution < 1.29 is 9.13 Å². The van der Waals surface area contributed by atoms with Crippen molar-refractivity contribution in [1.82, 2.24) is 4.98 Å². The highest BCUT2D eigenvalue weighted by atomic mass is 79.9. The molecule has 0 saturated carbocycles. The van der Waals surface area contributed by atoms with Gasteiger partial charge in [0.05, 0.1) is 15.7 Å². The monoisotopic (exact) mass is 288 g/mol. The number of anilines is 1. The van der Waals surface area contributed by atoms with E-state index in [4.69, 9.17) is 10.5 Å². The van der Waals surface area contributed by atoms with Crippen LogP contribution in [-0.2, 0) is 0 Å². The first-order valence-corrected chi connectivity index (χ1v) is 5.60. The number of hydrogen-bond acceptors (Lipinski definition) is 4. The number of nitrogens with zero attached hydrogens (tertiary/aromatic N) is 1. The molecule has 2 aromatic rings. The van der Waals surface area contributed by atoms with Crippen molar-refractivity contribution in [3.8, 4) is 10.9 Å². The second-order valence-corrected chi connectivity index (χ2v) is 5.09. The molecule has 0 atom stereocenters. The van der Waals surface area contributed by atoms with Gasteiger partial charge < -0.3 is 10.5 Å². The minimum Gasteiger partial charge on any atom is -0.431 e. The lowest BCUT2D eigenvalue weighted by Gasteiger charge is -2.02. The average Bonchev–Trinajstić information content (AvgIpc) is 2.58. The number of nitrogens with two attached hydrogens (primary N) is 1. The Balaban J connectivity index is 2.21. The number of halogens is 2. The Morgan fingerprint density at radius 1 is 1.47 bits per heavy atom. The third kappa shape index (κ3) is 2.45. The van der Waals surface area contributed by atoms with Crippen molar-refractivity contribution in [3.63, 3.8) is 0 Å². The van der Waals surface area contributed by atoms with Gasteiger partial charge >= 0.3 is 0 Å². The zero-order chi connectivity index (χ0) is 10.8. The Hall–Kier alpha value is -1.14. The molecule has 1 aromatic heterocycles. The molecule has 1 aromatic carbocycles. The quantitative estimate of drug-likeness (QED) is 0.862. The molecule has 0 aliphatic heterocycles. The molecule has 0 radical (unpaired) electrons. The van der Waals surface area contributed by atoms with Gasteiger partial charge in [0.25, 0.3) is 5.19 Å². The fourth-order valence-corrected chi connectivity index (χ4v) is 1.99. The standard InChI is InChI=1S/C9H6BrFN2OS/c10-8-4-13-9(15-8)14-5-1-2-7(12)6(11)3-5/h1-4H,12H2. The summed E-state index contributed by atoms with van der Waals surface area (Å²) in [6.45, 7) is 0. The van der Waals surface area contributed by atoms with Crippen molar-refractivity contribution >= 4 is 33.0 Å². The van der Waals surface area contributed by atoms with Gasteiger partial charge in [0, 0.05) is 6.07 Å². The molecule has 0 aliphatic rings. The van der Waals surface area contributed by atoms with Crippen LogP contribution in [0.15, 0.2) is 28.2 Å². The van der Waals surface area contributed by atoms with Gasteiger partial charge in [-0.05, 0) is 28.1 Å². The van der Waals surface area contributed by atoms with Crippen LogP contribution in [0.25, 0.3) is 0 Å². The third-order valence-electron chi connectivity index (χ3n) is 1.63. The largest absolute Gasteiger partial charge is 0.431 e. The van der Waals surface area contributed by atoms with Crippen LogP contribution < -0.4 is 10.5 Å². The van der Waals surface area contributed by atoms with Gasteiger partial charge in [-0.15, -0.1) is 0 Å². The number of aromatic nitrogens is 1. The van der Waals surface area contributed by atoms with Crippen LogP contribution in [0.5, 0.6) is 10.9 Å². The molecule has 0 saturated heterocycles. The molecule has 2 N–H and O–H groups in total. The highest BCUT2D eigenvalue weighted by Crippen LogP contribution is 2.30. The van der Waals surface area contributed by atoms with Gasteiger partial charge in [-0.2, -0.15) is 0 Å². The van der Waals surface area contributed by atoms with Gasteiger partial charge in [0.1, 0.15) is 11.6 Å². The summed E-state index contributed by atoms with van der Waals surface area (Å²) in [5, 5.41) is 0.450. The molecule has 1 heterocycles. The van der Waals surface area contributed by atoms with E-state index in [0.29, 0.717) is 10.9 Å². The fourth-order valence-electron chi connectivity index (χ4n) is 0.959. The molecule has 3 nitrogen and oxygen atoms in total. The average molecular weight is 289 g/mol. The second kappa shape index (κ2) is 4.16. The summed E-state index contributed by atoms with van der Waals surface area (Å²) in [7, 11) is 0. The molecule has 78 valence electrons. The van der Waals surface area contributed by atoms with Crippen molar-refractivity contribution in [2.75, 3.05) is 5.73 Å². The highest BCUT2D eigenvalue weighted by Gasteiger charge is 2.05. The van der Waals surface area contributed by atoms with E-state index in [1.807, 2.05) is 0 Å². The second-order valence-electron chi connectivity index (χ2n) is 2.72. The summed E-state index contributed by atoms with van der Waals surface area (Å²) >= 11 is 4.58. The number of nitrogen functional groups attached to an aromatic ring is 1. The predicted molar refractivity (Wildman–Crippen MR) is 60.7 cm³/mol. The van der Waals surface area contributed by atoms with Gasteiger partial charge in [-0.25, -0.2) is 9.37 Å². The van der Waals surface area contributed by atoms with E-state index in [-0.39, 0.29) is 5.69 Å². The maximum Gasteiger partial charge on any atom is 0.279 e. The van der Waals surface area contributed by atoms with Crippen LogP contribution in [0, 0.1) is 5.82 Å². The maximum absolute atomic E-state index is 13.1. The maximum atomic E-state index is 13.1. The SMILES string of the molecule is Nc1ccc(Oc2ncc(Br)s2)cc1F. The molecular formula is C9H6BrFN2OS. The topological polar surface area (TPSA) is 48.1 Å². The Morgan fingerprint density at radius 3 is 2.87 bits per heavy atom. The number of thiazole rings is 1. The number of rotatable bonds is 2. The molecule has 6 heteroatoms. The van der Waals surface area contributed by atoms with Gasteiger partial charge in [-0.1, -0.05) is 11.3 Å². The Bertz CT molecular complexity index is 489. The van der Waals surface area contributed by atoms with E-state index in [0.717, 1.165) is 3.79 Å². The van der Waals surface area contributed by atoms with E-state index in [1.165, 1.54) is 23.5 Å². The van der Waals surface area contributed by atoms with Crippen molar-refractivity contribution in [1.29, 1.82) is 0 Å². The van der Waals surface area contributed by atoms with Gasteiger partial charge in [-0.3, -0.25) is 0 Å². The van der Waals surface area contributed by atoms with E-state index in [2.05, 4.69) is 20.9 Å². The van der Waals surface area contributed by atoms with Crippen LogP contribution in [0.3, 0.4) is 0 Å². The van der Waals surface area contributed by atoms with Crippen LogP contribution in [0.1, 0.15) is 0 Å².